The highest BCUT2D eigenvalue weighted by molar-refractivity contribution is 7.92. The van der Waals surface area contributed by atoms with Gasteiger partial charge in [-0.3, -0.25) is 4.72 Å². The summed E-state index contributed by atoms with van der Waals surface area (Å²) in [7, 11) is -3.49. The Balaban J connectivity index is 2.96. The van der Waals surface area contributed by atoms with Gasteiger partial charge in [-0.2, -0.15) is 0 Å². The van der Waals surface area contributed by atoms with E-state index in [1.807, 2.05) is 13.8 Å². The number of benzene rings is 1. The second kappa shape index (κ2) is 7.27. The molecule has 0 atom stereocenters. The third-order valence-electron chi connectivity index (χ3n) is 2.51. The van der Waals surface area contributed by atoms with Crippen LogP contribution in [0, 0.1) is 23.6 Å². The smallest absolute Gasteiger partial charge is 0.232 e. The third kappa shape index (κ3) is 5.59. The third-order valence-corrected chi connectivity index (χ3v) is 3.82. The number of aliphatic hydroxyl groups is 1. The van der Waals surface area contributed by atoms with E-state index in [1.165, 1.54) is 6.07 Å². The highest BCUT2D eigenvalue weighted by atomic mass is 32.2. The van der Waals surface area contributed by atoms with Crippen molar-refractivity contribution in [3.05, 3.63) is 29.6 Å². The maximum atomic E-state index is 13.2. The Morgan fingerprint density at radius 2 is 2.10 bits per heavy atom. The predicted molar refractivity (Wildman–Crippen MR) is 77.2 cm³/mol. The summed E-state index contributed by atoms with van der Waals surface area (Å²) in [6, 6.07) is 3.61. The van der Waals surface area contributed by atoms with Crippen molar-refractivity contribution in [3.8, 4) is 11.8 Å². The van der Waals surface area contributed by atoms with Crippen molar-refractivity contribution in [1.82, 2.24) is 0 Å². The molecule has 0 aliphatic carbocycles. The molecule has 0 radical (unpaired) electrons. The lowest BCUT2D eigenvalue weighted by molar-refractivity contribution is 0.350. The van der Waals surface area contributed by atoms with E-state index in [1.54, 1.807) is 0 Å². The number of hydrogen-bond donors (Lipinski definition) is 2. The lowest BCUT2D eigenvalue weighted by atomic mass is 10.2. The van der Waals surface area contributed by atoms with Gasteiger partial charge in [0.05, 0.1) is 17.0 Å². The fourth-order valence-electron chi connectivity index (χ4n) is 1.45. The van der Waals surface area contributed by atoms with Gasteiger partial charge in [0.25, 0.3) is 0 Å². The van der Waals surface area contributed by atoms with Crippen molar-refractivity contribution < 1.29 is 17.9 Å². The number of halogens is 1. The fourth-order valence-corrected chi connectivity index (χ4v) is 2.85. The van der Waals surface area contributed by atoms with Crippen LogP contribution in [0.3, 0.4) is 0 Å². The first kappa shape index (κ1) is 16.5. The monoisotopic (exact) mass is 299 g/mol. The number of anilines is 1. The zero-order valence-electron chi connectivity index (χ0n) is 11.5. The second-order valence-electron chi connectivity index (χ2n) is 4.75. The molecule has 0 unspecified atom stereocenters. The summed E-state index contributed by atoms with van der Waals surface area (Å²) in [5.41, 5.74) is 0.420. The van der Waals surface area contributed by atoms with Crippen LogP contribution in [0.25, 0.3) is 0 Å². The molecule has 0 aliphatic heterocycles. The minimum atomic E-state index is -3.49. The van der Waals surface area contributed by atoms with Crippen molar-refractivity contribution in [1.29, 1.82) is 0 Å². The normalized spacial score (nSPS) is 11.1. The van der Waals surface area contributed by atoms with E-state index in [9.17, 15) is 12.8 Å². The van der Waals surface area contributed by atoms with Crippen LogP contribution in [0.15, 0.2) is 18.2 Å². The van der Waals surface area contributed by atoms with Gasteiger partial charge in [-0.25, -0.2) is 12.8 Å². The predicted octanol–water partition coefficient (Wildman–Crippen LogP) is 1.96. The average molecular weight is 299 g/mol. The molecule has 0 heterocycles. The van der Waals surface area contributed by atoms with E-state index in [2.05, 4.69) is 16.6 Å². The zero-order chi connectivity index (χ0) is 15.2. The van der Waals surface area contributed by atoms with Crippen LogP contribution < -0.4 is 4.72 Å². The molecule has 0 saturated heterocycles. The van der Waals surface area contributed by atoms with E-state index in [-0.39, 0.29) is 29.5 Å². The summed E-state index contributed by atoms with van der Waals surface area (Å²) >= 11 is 0. The van der Waals surface area contributed by atoms with Gasteiger partial charge in [0.15, 0.2) is 0 Å². The Labute approximate surface area is 119 Å². The molecular formula is C14H18FNO3S. The Morgan fingerprint density at radius 1 is 1.40 bits per heavy atom. The maximum Gasteiger partial charge on any atom is 0.232 e. The van der Waals surface area contributed by atoms with Crippen LogP contribution in [-0.2, 0) is 10.0 Å². The van der Waals surface area contributed by atoms with E-state index < -0.39 is 15.8 Å². The summed E-state index contributed by atoms with van der Waals surface area (Å²) in [5, 5.41) is 8.66. The molecule has 2 N–H and O–H groups in total. The topological polar surface area (TPSA) is 66.4 Å². The largest absolute Gasteiger partial charge is 0.384 e. The van der Waals surface area contributed by atoms with Gasteiger partial charge in [-0.15, -0.1) is 0 Å². The molecule has 0 fully saturated rings. The first-order valence-electron chi connectivity index (χ1n) is 6.24. The average Bonchev–Trinajstić information content (AvgIpc) is 2.37. The van der Waals surface area contributed by atoms with Crippen molar-refractivity contribution in [2.45, 2.75) is 20.3 Å². The van der Waals surface area contributed by atoms with Gasteiger partial charge >= 0.3 is 0 Å². The zero-order valence-corrected chi connectivity index (χ0v) is 12.3. The van der Waals surface area contributed by atoms with Crippen LogP contribution in [-0.4, -0.2) is 25.9 Å². The van der Waals surface area contributed by atoms with Crippen LogP contribution in [0.1, 0.15) is 25.8 Å². The van der Waals surface area contributed by atoms with Crippen LogP contribution >= 0.6 is 0 Å². The molecule has 4 nitrogen and oxygen atoms in total. The van der Waals surface area contributed by atoms with Gasteiger partial charge in [0, 0.05) is 0 Å². The minimum Gasteiger partial charge on any atom is -0.384 e. The second-order valence-corrected chi connectivity index (χ2v) is 6.60. The quantitative estimate of drug-likeness (QED) is 0.817. The van der Waals surface area contributed by atoms with Gasteiger partial charge in [0.2, 0.25) is 10.0 Å². The van der Waals surface area contributed by atoms with Crippen LogP contribution in [0.4, 0.5) is 10.1 Å². The number of hydrogen-bond acceptors (Lipinski definition) is 3. The fraction of sp³-hybridized carbons (Fsp3) is 0.429. The molecule has 1 aromatic rings. The molecular weight excluding hydrogens is 281 g/mol. The number of sulfonamides is 1. The highest BCUT2D eigenvalue weighted by Gasteiger charge is 2.13. The SMILES string of the molecule is CC(C)CCS(=O)(=O)Nc1ccc(F)cc1C#CCO. The van der Waals surface area contributed by atoms with E-state index in [4.69, 9.17) is 5.11 Å². The summed E-state index contributed by atoms with van der Waals surface area (Å²) in [4.78, 5) is 0. The minimum absolute atomic E-state index is 0.00505. The molecule has 1 rings (SSSR count). The Kier molecular flexibility index (Phi) is 5.99. The van der Waals surface area contributed by atoms with E-state index in [0.29, 0.717) is 6.42 Å². The standard InChI is InChI=1S/C14H18FNO3S/c1-11(2)7-9-20(18,19)16-14-6-5-13(15)10-12(14)4-3-8-17/h5-6,10-11,16-17H,7-9H2,1-2H3. The van der Waals surface area contributed by atoms with Crippen LogP contribution in [0.2, 0.25) is 0 Å². The lowest BCUT2D eigenvalue weighted by Gasteiger charge is -2.11. The molecule has 0 aliphatic rings. The lowest BCUT2D eigenvalue weighted by Crippen LogP contribution is -2.18. The maximum absolute atomic E-state index is 13.2. The summed E-state index contributed by atoms with van der Waals surface area (Å²) in [5.74, 6) is 4.65. The van der Waals surface area contributed by atoms with Gasteiger partial charge in [-0.05, 0) is 30.5 Å². The summed E-state index contributed by atoms with van der Waals surface area (Å²) in [6.45, 7) is 3.49. The molecule has 0 aromatic heterocycles. The molecule has 1 aromatic carbocycles. The Morgan fingerprint density at radius 3 is 2.70 bits per heavy atom. The number of aliphatic hydroxyl groups excluding tert-OH is 1. The molecule has 0 bridgehead atoms. The van der Waals surface area contributed by atoms with Crippen molar-refractivity contribution >= 4 is 15.7 Å². The number of nitrogens with one attached hydrogen (secondary N) is 1. The van der Waals surface area contributed by atoms with E-state index >= 15 is 0 Å². The van der Waals surface area contributed by atoms with Crippen molar-refractivity contribution in [2.75, 3.05) is 17.1 Å². The molecule has 0 amide bonds. The molecule has 6 heteroatoms. The first-order valence-corrected chi connectivity index (χ1v) is 7.89. The molecule has 110 valence electrons. The highest BCUT2D eigenvalue weighted by Crippen LogP contribution is 2.18. The summed E-state index contributed by atoms with van der Waals surface area (Å²) in [6.07, 6.45) is 0.536. The Hall–Kier alpha value is -1.58. The van der Waals surface area contributed by atoms with Gasteiger partial charge in [0.1, 0.15) is 12.4 Å². The van der Waals surface area contributed by atoms with Crippen molar-refractivity contribution in [2.24, 2.45) is 5.92 Å². The van der Waals surface area contributed by atoms with Gasteiger partial charge in [-0.1, -0.05) is 25.7 Å². The first-order chi connectivity index (χ1) is 9.34. The molecule has 20 heavy (non-hydrogen) atoms. The van der Waals surface area contributed by atoms with E-state index in [0.717, 1.165) is 12.1 Å². The van der Waals surface area contributed by atoms with Crippen LogP contribution in [0.5, 0.6) is 0 Å². The Bertz CT molecular complexity index is 615. The molecule has 0 saturated carbocycles. The van der Waals surface area contributed by atoms with Gasteiger partial charge < -0.3 is 5.11 Å². The molecule has 0 spiro atoms. The number of rotatable bonds is 5. The van der Waals surface area contributed by atoms with Crippen molar-refractivity contribution in [3.63, 3.8) is 0 Å². The summed E-state index contributed by atoms with van der Waals surface area (Å²) < 4.78 is 39.4.